The summed E-state index contributed by atoms with van der Waals surface area (Å²) in [5.74, 6) is -0.418. The highest BCUT2D eigenvalue weighted by Crippen LogP contribution is 2.20. The van der Waals surface area contributed by atoms with Crippen LogP contribution in [0.15, 0.2) is 53.0 Å². The van der Waals surface area contributed by atoms with Crippen LogP contribution >= 0.6 is 15.9 Å². The molecule has 0 aliphatic carbocycles. The van der Waals surface area contributed by atoms with E-state index in [0.717, 1.165) is 27.7 Å². The third kappa shape index (κ3) is 6.92. The third-order valence-corrected chi connectivity index (χ3v) is 6.07. The monoisotopic (exact) mass is 485 g/mol. The molecule has 164 valence electrons. The fourth-order valence-corrected chi connectivity index (χ4v) is 4.19. The third-order valence-electron chi connectivity index (χ3n) is 5.57. The first kappa shape index (κ1) is 23.0. The van der Waals surface area contributed by atoms with Gasteiger partial charge in [0.2, 0.25) is 17.7 Å². The van der Waals surface area contributed by atoms with Crippen molar-refractivity contribution in [2.75, 3.05) is 25.0 Å². The van der Waals surface area contributed by atoms with Gasteiger partial charge < -0.3 is 15.5 Å². The summed E-state index contributed by atoms with van der Waals surface area (Å²) < 4.78 is 0.946. The van der Waals surface area contributed by atoms with Crippen LogP contribution in [-0.2, 0) is 20.8 Å². The highest BCUT2D eigenvalue weighted by atomic mass is 79.9. The Morgan fingerprint density at radius 2 is 1.77 bits per heavy atom. The Labute approximate surface area is 191 Å². The summed E-state index contributed by atoms with van der Waals surface area (Å²) >= 11 is 3.39. The van der Waals surface area contributed by atoms with Crippen molar-refractivity contribution >= 4 is 39.3 Å². The number of anilines is 1. The maximum absolute atomic E-state index is 12.5. The Balaban J connectivity index is 1.37. The van der Waals surface area contributed by atoms with Crippen molar-refractivity contribution in [2.24, 2.45) is 5.92 Å². The van der Waals surface area contributed by atoms with Gasteiger partial charge in [0.25, 0.3) is 0 Å². The molecule has 0 unspecified atom stereocenters. The van der Waals surface area contributed by atoms with E-state index in [1.165, 1.54) is 0 Å². The molecule has 0 spiro atoms. The first-order valence-corrected chi connectivity index (χ1v) is 11.4. The minimum Gasteiger partial charge on any atom is -0.347 e. The van der Waals surface area contributed by atoms with Crippen LogP contribution in [0.1, 0.15) is 30.4 Å². The predicted molar refractivity (Wildman–Crippen MR) is 125 cm³/mol. The van der Waals surface area contributed by atoms with E-state index >= 15 is 0 Å². The fraction of sp³-hybridized carbons (Fsp3) is 0.375. The molecule has 6 nitrogen and oxygen atoms in total. The van der Waals surface area contributed by atoms with Crippen LogP contribution in [0.4, 0.5) is 5.69 Å². The molecule has 1 saturated heterocycles. The lowest BCUT2D eigenvalue weighted by atomic mass is 9.95. The Morgan fingerprint density at radius 3 is 2.45 bits per heavy atom. The van der Waals surface area contributed by atoms with Gasteiger partial charge in [-0.1, -0.05) is 46.3 Å². The summed E-state index contributed by atoms with van der Waals surface area (Å²) in [6, 6.07) is 15.6. The molecular weight excluding hydrogens is 458 g/mol. The average molecular weight is 486 g/mol. The summed E-state index contributed by atoms with van der Waals surface area (Å²) in [5.41, 5.74) is 2.82. The second-order valence-electron chi connectivity index (χ2n) is 7.87. The van der Waals surface area contributed by atoms with Crippen LogP contribution in [0, 0.1) is 12.8 Å². The Hall–Kier alpha value is -2.67. The number of amides is 3. The van der Waals surface area contributed by atoms with Crippen molar-refractivity contribution in [3.63, 3.8) is 0 Å². The number of benzene rings is 2. The Kier molecular flexibility index (Phi) is 8.23. The van der Waals surface area contributed by atoms with Gasteiger partial charge in [0.05, 0.1) is 6.54 Å². The van der Waals surface area contributed by atoms with E-state index in [-0.39, 0.29) is 30.2 Å². The highest BCUT2D eigenvalue weighted by Gasteiger charge is 2.27. The molecule has 2 N–H and O–H groups in total. The number of aryl methyl sites for hydroxylation is 2. The van der Waals surface area contributed by atoms with Crippen molar-refractivity contribution in [3.8, 4) is 0 Å². The van der Waals surface area contributed by atoms with E-state index in [4.69, 9.17) is 0 Å². The number of nitrogens with one attached hydrogen (secondary N) is 2. The predicted octanol–water partition coefficient (Wildman–Crippen LogP) is 3.68. The van der Waals surface area contributed by atoms with Gasteiger partial charge in [0.15, 0.2) is 0 Å². The lowest BCUT2D eigenvalue weighted by molar-refractivity contribution is -0.135. The average Bonchev–Trinajstić information content (AvgIpc) is 2.78. The largest absolute Gasteiger partial charge is 0.347 e. The standard InChI is InChI=1S/C24H28BrN3O3/c1-17-15-20(25)8-9-21(17)27-22(29)16-26-24(31)19-11-13-28(14-12-19)23(30)10-7-18-5-3-2-4-6-18/h2-6,8-9,15,19H,7,10-14,16H2,1H3,(H,26,31)(H,27,29). The highest BCUT2D eigenvalue weighted by molar-refractivity contribution is 9.10. The van der Waals surface area contributed by atoms with E-state index in [1.54, 1.807) is 0 Å². The number of piperidine rings is 1. The zero-order valence-corrected chi connectivity index (χ0v) is 19.3. The number of likely N-dealkylation sites (tertiary alicyclic amines) is 1. The van der Waals surface area contributed by atoms with Crippen LogP contribution in [0.25, 0.3) is 0 Å². The van der Waals surface area contributed by atoms with Crippen molar-refractivity contribution < 1.29 is 14.4 Å². The maximum atomic E-state index is 12.5. The van der Waals surface area contributed by atoms with Crippen molar-refractivity contribution in [2.45, 2.75) is 32.6 Å². The molecule has 2 aromatic carbocycles. The molecule has 0 bridgehead atoms. The molecule has 3 amide bonds. The van der Waals surface area contributed by atoms with Crippen molar-refractivity contribution in [1.29, 1.82) is 0 Å². The van der Waals surface area contributed by atoms with Gasteiger partial charge in [-0.25, -0.2) is 0 Å². The molecule has 2 aromatic rings. The smallest absolute Gasteiger partial charge is 0.243 e. The molecule has 31 heavy (non-hydrogen) atoms. The quantitative estimate of drug-likeness (QED) is 0.627. The van der Waals surface area contributed by atoms with Gasteiger partial charge in [0.1, 0.15) is 0 Å². The van der Waals surface area contributed by atoms with Crippen LogP contribution < -0.4 is 10.6 Å². The zero-order chi connectivity index (χ0) is 22.2. The van der Waals surface area contributed by atoms with Gasteiger partial charge in [-0.15, -0.1) is 0 Å². The van der Waals surface area contributed by atoms with E-state index in [9.17, 15) is 14.4 Å². The van der Waals surface area contributed by atoms with E-state index < -0.39 is 0 Å². The number of rotatable bonds is 7. The van der Waals surface area contributed by atoms with Crippen molar-refractivity contribution in [1.82, 2.24) is 10.2 Å². The van der Waals surface area contributed by atoms with Gasteiger partial charge in [-0.3, -0.25) is 14.4 Å². The Morgan fingerprint density at radius 1 is 1.06 bits per heavy atom. The van der Waals surface area contributed by atoms with Gasteiger partial charge in [-0.2, -0.15) is 0 Å². The van der Waals surface area contributed by atoms with Crippen molar-refractivity contribution in [3.05, 3.63) is 64.1 Å². The molecule has 0 aromatic heterocycles. The van der Waals surface area contributed by atoms with E-state index in [1.807, 2.05) is 60.4 Å². The minimum absolute atomic E-state index is 0.0649. The summed E-state index contributed by atoms with van der Waals surface area (Å²) in [6.45, 7) is 3.00. The topological polar surface area (TPSA) is 78.5 Å². The molecule has 1 heterocycles. The lowest BCUT2D eigenvalue weighted by Gasteiger charge is -2.31. The number of carbonyl (C=O) groups is 3. The van der Waals surface area contributed by atoms with Crippen LogP contribution in [0.2, 0.25) is 0 Å². The second kappa shape index (κ2) is 11.1. The number of halogens is 1. The van der Waals surface area contributed by atoms with E-state index in [0.29, 0.717) is 32.4 Å². The fourth-order valence-electron chi connectivity index (χ4n) is 3.72. The SMILES string of the molecule is Cc1cc(Br)ccc1NC(=O)CNC(=O)C1CCN(C(=O)CCc2ccccc2)CC1. The number of carbonyl (C=O) groups excluding carboxylic acids is 3. The van der Waals surface area contributed by atoms with E-state index in [2.05, 4.69) is 26.6 Å². The first-order valence-electron chi connectivity index (χ1n) is 10.6. The zero-order valence-electron chi connectivity index (χ0n) is 17.7. The second-order valence-corrected chi connectivity index (χ2v) is 8.78. The van der Waals surface area contributed by atoms with Gasteiger partial charge in [0, 0.05) is 35.6 Å². The molecule has 1 fully saturated rings. The van der Waals surface area contributed by atoms with Crippen LogP contribution in [-0.4, -0.2) is 42.3 Å². The minimum atomic E-state index is -0.257. The molecule has 7 heteroatoms. The molecule has 0 radical (unpaired) electrons. The summed E-state index contributed by atoms with van der Waals surface area (Å²) in [4.78, 5) is 38.9. The summed E-state index contributed by atoms with van der Waals surface area (Å²) in [6.07, 6.45) is 2.45. The van der Waals surface area contributed by atoms with Crippen LogP contribution in [0.3, 0.4) is 0 Å². The molecule has 1 aliphatic heterocycles. The van der Waals surface area contributed by atoms with Gasteiger partial charge in [-0.05, 0) is 55.5 Å². The number of hydrogen-bond donors (Lipinski definition) is 2. The molecule has 0 atom stereocenters. The van der Waals surface area contributed by atoms with Gasteiger partial charge >= 0.3 is 0 Å². The normalized spacial score (nSPS) is 14.2. The Bertz CT molecular complexity index is 925. The number of hydrogen-bond acceptors (Lipinski definition) is 3. The number of nitrogens with zero attached hydrogens (tertiary/aromatic N) is 1. The maximum Gasteiger partial charge on any atom is 0.243 e. The van der Waals surface area contributed by atoms with Crippen LogP contribution in [0.5, 0.6) is 0 Å². The molecule has 0 saturated carbocycles. The summed E-state index contributed by atoms with van der Waals surface area (Å²) in [7, 11) is 0. The molecular formula is C24H28BrN3O3. The first-order chi connectivity index (χ1) is 14.9. The molecule has 1 aliphatic rings. The lowest BCUT2D eigenvalue weighted by Crippen LogP contribution is -2.44. The molecule has 3 rings (SSSR count). The summed E-state index contributed by atoms with van der Waals surface area (Å²) in [5, 5.41) is 5.55.